The molecule has 0 saturated carbocycles. The summed E-state index contributed by atoms with van der Waals surface area (Å²) in [6.07, 6.45) is 4.15. The topological polar surface area (TPSA) is 55.8 Å². The van der Waals surface area contributed by atoms with Crippen molar-refractivity contribution in [3.8, 4) is 5.75 Å². The van der Waals surface area contributed by atoms with Crippen LogP contribution in [0.1, 0.15) is 18.9 Å². The first kappa shape index (κ1) is 15.9. The van der Waals surface area contributed by atoms with E-state index in [1.165, 1.54) is 0 Å². The Morgan fingerprint density at radius 2 is 2.24 bits per heavy atom. The Balaban J connectivity index is 1.70. The van der Waals surface area contributed by atoms with Crippen LogP contribution in [0.15, 0.2) is 30.3 Å². The van der Waals surface area contributed by atoms with Gasteiger partial charge >= 0.3 is 5.97 Å². The first-order valence-corrected chi connectivity index (χ1v) is 8.07. The van der Waals surface area contributed by atoms with Gasteiger partial charge in [-0.05, 0) is 37.1 Å². The van der Waals surface area contributed by atoms with Crippen molar-refractivity contribution in [3.05, 3.63) is 35.9 Å². The largest absolute Gasteiger partial charge is 0.493 e. The summed E-state index contributed by atoms with van der Waals surface area (Å²) in [6.45, 7) is 3.65. The van der Waals surface area contributed by atoms with Gasteiger partial charge in [0.05, 0.1) is 12.7 Å². The zero-order chi connectivity index (χ0) is 15.1. The van der Waals surface area contributed by atoms with Crippen molar-refractivity contribution in [1.82, 2.24) is 0 Å². The molecule has 1 N–H and O–H groups in total. The van der Waals surface area contributed by atoms with E-state index < -0.39 is 5.97 Å². The van der Waals surface area contributed by atoms with Gasteiger partial charge in [0.15, 0.2) is 0 Å². The van der Waals surface area contributed by atoms with Crippen molar-refractivity contribution in [2.45, 2.75) is 24.7 Å². The molecule has 114 valence electrons. The highest BCUT2D eigenvalue weighted by Crippen LogP contribution is 2.26. The number of carboxylic acid groups (broad SMARTS) is 1. The second-order valence-corrected chi connectivity index (χ2v) is 6.21. The van der Waals surface area contributed by atoms with Crippen molar-refractivity contribution < 1.29 is 19.4 Å². The molecule has 0 radical (unpaired) electrons. The lowest BCUT2D eigenvalue weighted by atomic mass is 10.2. The maximum atomic E-state index is 10.4. The highest BCUT2D eigenvalue weighted by molar-refractivity contribution is 8.00. The molecule has 0 aliphatic carbocycles. The van der Waals surface area contributed by atoms with E-state index >= 15 is 0 Å². The van der Waals surface area contributed by atoms with Gasteiger partial charge in [0.25, 0.3) is 0 Å². The molecule has 2 unspecified atom stereocenters. The Morgan fingerprint density at radius 1 is 1.48 bits per heavy atom. The summed E-state index contributed by atoms with van der Waals surface area (Å²) in [5.74, 6) is 0.801. The number of hydrogen-bond acceptors (Lipinski definition) is 4. The van der Waals surface area contributed by atoms with E-state index in [0.717, 1.165) is 36.2 Å². The first-order valence-electron chi connectivity index (χ1n) is 7.02. The molecule has 0 spiro atoms. The maximum absolute atomic E-state index is 10.4. The number of rotatable bonds is 7. The molecule has 4 nitrogen and oxygen atoms in total. The second kappa shape index (κ2) is 8.10. The lowest BCUT2D eigenvalue weighted by Crippen LogP contribution is -2.15. The van der Waals surface area contributed by atoms with Crippen molar-refractivity contribution >= 4 is 23.8 Å². The predicted octanol–water partition coefficient (Wildman–Crippen LogP) is 3.07. The summed E-state index contributed by atoms with van der Waals surface area (Å²) in [5, 5.41) is 9.14. The fraction of sp³-hybridized carbons (Fsp3) is 0.438. The molecular weight excluding hydrogens is 288 g/mol. The third-order valence-electron chi connectivity index (χ3n) is 3.29. The van der Waals surface area contributed by atoms with E-state index in [0.29, 0.717) is 18.0 Å². The molecule has 0 aromatic heterocycles. The van der Waals surface area contributed by atoms with E-state index in [1.807, 2.05) is 36.0 Å². The van der Waals surface area contributed by atoms with E-state index in [4.69, 9.17) is 14.6 Å². The quantitative estimate of drug-likeness (QED) is 0.620. The number of carbonyl (C=O) groups is 1. The molecule has 1 aliphatic rings. The van der Waals surface area contributed by atoms with Crippen LogP contribution in [0.3, 0.4) is 0 Å². The number of hydrogen-bond donors (Lipinski definition) is 1. The van der Waals surface area contributed by atoms with Crippen LogP contribution in [0.25, 0.3) is 6.08 Å². The van der Waals surface area contributed by atoms with Gasteiger partial charge in [-0.2, -0.15) is 11.8 Å². The van der Waals surface area contributed by atoms with Crippen LogP contribution in [0.4, 0.5) is 0 Å². The Bertz CT molecular complexity index is 484. The average Bonchev–Trinajstić information content (AvgIpc) is 2.88. The number of carboxylic acids is 1. The highest BCUT2D eigenvalue weighted by Gasteiger charge is 2.23. The van der Waals surface area contributed by atoms with Crippen LogP contribution in [-0.4, -0.2) is 41.4 Å². The lowest BCUT2D eigenvalue weighted by Gasteiger charge is -2.13. The van der Waals surface area contributed by atoms with Gasteiger partial charge < -0.3 is 14.6 Å². The van der Waals surface area contributed by atoms with Gasteiger partial charge in [-0.25, -0.2) is 4.79 Å². The van der Waals surface area contributed by atoms with Crippen LogP contribution in [0.5, 0.6) is 5.75 Å². The van der Waals surface area contributed by atoms with Gasteiger partial charge in [-0.15, -0.1) is 0 Å². The number of aliphatic carboxylic acids is 1. The Kier molecular flexibility index (Phi) is 6.14. The monoisotopic (exact) mass is 308 g/mol. The van der Waals surface area contributed by atoms with Gasteiger partial charge in [0, 0.05) is 23.7 Å². The lowest BCUT2D eigenvalue weighted by molar-refractivity contribution is -0.131. The van der Waals surface area contributed by atoms with Crippen molar-refractivity contribution in [3.63, 3.8) is 0 Å². The van der Waals surface area contributed by atoms with E-state index in [1.54, 1.807) is 6.08 Å². The summed E-state index contributed by atoms with van der Waals surface area (Å²) in [5.41, 5.74) is 0.844. The van der Waals surface area contributed by atoms with Crippen molar-refractivity contribution in [1.29, 1.82) is 0 Å². The van der Waals surface area contributed by atoms with Crippen molar-refractivity contribution in [2.24, 2.45) is 0 Å². The summed E-state index contributed by atoms with van der Waals surface area (Å²) in [6, 6.07) is 7.39. The molecule has 2 atom stereocenters. The fourth-order valence-corrected chi connectivity index (χ4v) is 3.23. The molecule has 2 rings (SSSR count). The smallest absolute Gasteiger partial charge is 0.328 e. The molecule has 0 bridgehead atoms. The highest BCUT2D eigenvalue weighted by atomic mass is 32.2. The van der Waals surface area contributed by atoms with Crippen molar-refractivity contribution in [2.75, 3.05) is 19.0 Å². The minimum absolute atomic E-state index is 0.343. The zero-order valence-electron chi connectivity index (χ0n) is 12.0. The van der Waals surface area contributed by atoms with Gasteiger partial charge in [0.2, 0.25) is 0 Å². The summed E-state index contributed by atoms with van der Waals surface area (Å²) >= 11 is 1.90. The number of benzene rings is 1. The number of ether oxygens (including phenoxy) is 2. The molecule has 5 heteroatoms. The molecule has 1 fully saturated rings. The Hall–Kier alpha value is -1.46. The third-order valence-corrected chi connectivity index (χ3v) is 4.74. The summed E-state index contributed by atoms with van der Waals surface area (Å²) < 4.78 is 11.2. The standard InChI is InChI=1S/C16H20O4S/c1-12-15(8-9-19-12)21-11-10-20-14-5-2-13(3-6-14)4-7-16(17)18/h2-7,12,15H,8-11H2,1H3,(H,17,18)/b7-4+. The molecule has 1 aliphatic heterocycles. The molecular formula is C16H20O4S. The molecule has 1 aromatic carbocycles. The minimum atomic E-state index is -0.947. The second-order valence-electron chi connectivity index (χ2n) is 4.86. The Labute approximate surface area is 129 Å². The van der Waals surface area contributed by atoms with E-state index in [-0.39, 0.29) is 0 Å². The Morgan fingerprint density at radius 3 is 2.86 bits per heavy atom. The van der Waals surface area contributed by atoms with E-state index in [9.17, 15) is 4.79 Å². The van der Waals surface area contributed by atoms with Crippen LogP contribution in [0.2, 0.25) is 0 Å². The normalized spacial score (nSPS) is 21.8. The summed E-state index contributed by atoms with van der Waals surface area (Å²) in [7, 11) is 0. The third kappa shape index (κ3) is 5.44. The number of thioether (sulfide) groups is 1. The summed E-state index contributed by atoms with van der Waals surface area (Å²) in [4.78, 5) is 10.4. The van der Waals surface area contributed by atoms with Gasteiger partial charge in [-0.3, -0.25) is 0 Å². The van der Waals surface area contributed by atoms with Gasteiger partial charge in [0.1, 0.15) is 5.75 Å². The SMILES string of the molecule is CC1OCCC1SCCOc1ccc(/C=C/C(=O)O)cc1. The van der Waals surface area contributed by atoms with Crippen LogP contribution < -0.4 is 4.74 Å². The maximum Gasteiger partial charge on any atom is 0.328 e. The van der Waals surface area contributed by atoms with Crippen LogP contribution >= 0.6 is 11.8 Å². The van der Waals surface area contributed by atoms with Crippen LogP contribution in [0, 0.1) is 0 Å². The minimum Gasteiger partial charge on any atom is -0.493 e. The molecule has 0 amide bonds. The predicted molar refractivity (Wildman–Crippen MR) is 84.9 cm³/mol. The van der Waals surface area contributed by atoms with Gasteiger partial charge in [-0.1, -0.05) is 12.1 Å². The average molecular weight is 308 g/mol. The molecule has 1 saturated heterocycles. The molecule has 1 heterocycles. The van der Waals surface area contributed by atoms with E-state index in [2.05, 4.69) is 6.92 Å². The fourth-order valence-electron chi connectivity index (χ4n) is 2.13. The molecule has 21 heavy (non-hydrogen) atoms. The van der Waals surface area contributed by atoms with Crippen LogP contribution in [-0.2, 0) is 9.53 Å². The first-order chi connectivity index (χ1) is 10.1. The molecule has 1 aromatic rings. The zero-order valence-corrected chi connectivity index (χ0v) is 12.8.